The number of amides is 1. The molecule has 0 atom stereocenters. The first-order valence-electron chi connectivity index (χ1n) is 8.89. The summed E-state index contributed by atoms with van der Waals surface area (Å²) in [7, 11) is 3.29. The number of rotatable bonds is 10. The van der Waals surface area contributed by atoms with Crippen molar-refractivity contribution in [3.05, 3.63) is 29.2 Å². The van der Waals surface area contributed by atoms with Crippen LogP contribution in [0, 0.1) is 0 Å². The molecule has 0 bridgehead atoms. The minimum atomic E-state index is -0.283. The van der Waals surface area contributed by atoms with Crippen LogP contribution < -0.4 is 0 Å². The molecule has 24 heavy (non-hydrogen) atoms. The van der Waals surface area contributed by atoms with Crippen molar-refractivity contribution in [2.24, 2.45) is 0 Å². The molecule has 0 radical (unpaired) electrons. The Hall–Kier alpha value is -1.84. The van der Waals surface area contributed by atoms with Crippen LogP contribution >= 0.6 is 0 Å². The van der Waals surface area contributed by atoms with Crippen molar-refractivity contribution in [3.8, 4) is 0 Å². The van der Waals surface area contributed by atoms with Crippen molar-refractivity contribution in [2.45, 2.75) is 65.7 Å². The predicted octanol–water partition coefficient (Wildman–Crippen LogP) is 4.63. The van der Waals surface area contributed by atoms with E-state index < -0.39 is 0 Å². The standard InChI is InChI=1S/C20H31NO3/c1-6-7-8-9-10-11-12-17-13-18(24-14-17)15(2)19(16(3)22)20(23)21(4)5/h13-14H,6-12H2,1-5H3/b19-15-. The molecule has 0 unspecified atom stereocenters. The van der Waals surface area contributed by atoms with Crippen LogP contribution in [-0.4, -0.2) is 30.7 Å². The molecular weight excluding hydrogens is 302 g/mol. The van der Waals surface area contributed by atoms with Gasteiger partial charge in [-0.3, -0.25) is 9.59 Å². The van der Waals surface area contributed by atoms with E-state index in [1.165, 1.54) is 43.9 Å². The van der Waals surface area contributed by atoms with Crippen LogP contribution in [0.3, 0.4) is 0 Å². The summed E-state index contributed by atoms with van der Waals surface area (Å²) in [5.41, 5.74) is 1.93. The van der Waals surface area contributed by atoms with Gasteiger partial charge >= 0.3 is 0 Å². The highest BCUT2D eigenvalue weighted by atomic mass is 16.3. The topological polar surface area (TPSA) is 50.5 Å². The summed E-state index contributed by atoms with van der Waals surface area (Å²) in [4.78, 5) is 25.5. The third-order valence-corrected chi connectivity index (χ3v) is 4.19. The first kappa shape index (κ1) is 20.2. The van der Waals surface area contributed by atoms with Gasteiger partial charge in [-0.2, -0.15) is 0 Å². The van der Waals surface area contributed by atoms with Crippen LogP contribution in [0.15, 0.2) is 22.3 Å². The van der Waals surface area contributed by atoms with Crippen LogP contribution in [-0.2, 0) is 16.0 Å². The van der Waals surface area contributed by atoms with E-state index in [0.717, 1.165) is 18.4 Å². The molecule has 0 aliphatic carbocycles. The van der Waals surface area contributed by atoms with E-state index in [-0.39, 0.29) is 17.3 Å². The summed E-state index contributed by atoms with van der Waals surface area (Å²) in [5, 5.41) is 0. The molecule has 0 saturated carbocycles. The van der Waals surface area contributed by atoms with Gasteiger partial charge in [0.2, 0.25) is 0 Å². The molecule has 0 saturated heterocycles. The molecule has 0 N–H and O–H groups in total. The molecule has 1 amide bonds. The second kappa shape index (κ2) is 10.1. The lowest BCUT2D eigenvalue weighted by Gasteiger charge is -2.13. The number of likely N-dealkylation sites (N-methyl/N-ethyl adjacent to an activating group) is 1. The Bertz CT molecular complexity index is 581. The van der Waals surface area contributed by atoms with Gasteiger partial charge in [-0.05, 0) is 38.3 Å². The maximum absolute atomic E-state index is 12.2. The molecule has 4 nitrogen and oxygen atoms in total. The van der Waals surface area contributed by atoms with Gasteiger partial charge in [0.25, 0.3) is 5.91 Å². The second-order valence-corrected chi connectivity index (χ2v) is 6.59. The molecule has 1 heterocycles. The lowest BCUT2D eigenvalue weighted by Crippen LogP contribution is -2.27. The molecule has 1 rings (SSSR count). The number of furan rings is 1. The molecule has 1 aromatic rings. The normalized spacial score (nSPS) is 12.0. The Morgan fingerprint density at radius 2 is 1.67 bits per heavy atom. The monoisotopic (exact) mass is 333 g/mol. The van der Waals surface area contributed by atoms with E-state index in [9.17, 15) is 9.59 Å². The van der Waals surface area contributed by atoms with Gasteiger partial charge in [-0.25, -0.2) is 0 Å². The fraction of sp³-hybridized carbons (Fsp3) is 0.600. The van der Waals surface area contributed by atoms with Crippen LogP contribution in [0.5, 0.6) is 0 Å². The van der Waals surface area contributed by atoms with Crippen molar-refractivity contribution in [2.75, 3.05) is 14.1 Å². The van der Waals surface area contributed by atoms with E-state index in [2.05, 4.69) is 6.92 Å². The Kier molecular flexibility index (Phi) is 8.51. The zero-order chi connectivity index (χ0) is 18.1. The number of carbonyl (C=O) groups excluding carboxylic acids is 2. The maximum atomic E-state index is 12.2. The molecule has 0 aromatic carbocycles. The molecule has 134 valence electrons. The molecular formula is C20H31NO3. The van der Waals surface area contributed by atoms with Crippen molar-refractivity contribution in [1.29, 1.82) is 0 Å². The fourth-order valence-corrected chi connectivity index (χ4v) is 2.73. The Morgan fingerprint density at radius 3 is 2.25 bits per heavy atom. The van der Waals surface area contributed by atoms with E-state index in [1.807, 2.05) is 6.07 Å². The number of hydrogen-bond acceptors (Lipinski definition) is 3. The van der Waals surface area contributed by atoms with Crippen molar-refractivity contribution >= 4 is 17.3 Å². The van der Waals surface area contributed by atoms with E-state index in [0.29, 0.717) is 11.3 Å². The second-order valence-electron chi connectivity index (χ2n) is 6.59. The summed E-state index contributed by atoms with van der Waals surface area (Å²) in [6.07, 6.45) is 10.2. The number of nitrogens with zero attached hydrogens (tertiary/aromatic N) is 1. The first-order chi connectivity index (χ1) is 11.4. The number of unbranched alkanes of at least 4 members (excludes halogenated alkanes) is 5. The van der Waals surface area contributed by atoms with Crippen molar-refractivity contribution < 1.29 is 14.0 Å². The predicted molar refractivity (Wildman–Crippen MR) is 97.8 cm³/mol. The lowest BCUT2D eigenvalue weighted by atomic mass is 10.0. The molecule has 1 aromatic heterocycles. The first-order valence-corrected chi connectivity index (χ1v) is 8.89. The summed E-state index contributed by atoms with van der Waals surface area (Å²) in [5.74, 6) is 0.0883. The fourth-order valence-electron chi connectivity index (χ4n) is 2.73. The van der Waals surface area contributed by atoms with E-state index in [1.54, 1.807) is 27.3 Å². The van der Waals surface area contributed by atoms with Crippen molar-refractivity contribution in [1.82, 2.24) is 4.90 Å². The quantitative estimate of drug-likeness (QED) is 0.271. The minimum Gasteiger partial charge on any atom is -0.464 e. The molecule has 0 aliphatic rings. The van der Waals surface area contributed by atoms with Gasteiger partial charge < -0.3 is 9.32 Å². The average Bonchev–Trinajstić information content (AvgIpc) is 2.99. The van der Waals surface area contributed by atoms with Crippen LogP contribution in [0.1, 0.15) is 70.6 Å². The smallest absolute Gasteiger partial charge is 0.257 e. The number of ketones is 1. The molecule has 0 fully saturated rings. The number of carbonyl (C=O) groups is 2. The SMILES string of the molecule is CCCCCCCCc1coc(/C(C)=C(/C(C)=O)C(=O)N(C)C)c1. The van der Waals surface area contributed by atoms with Gasteiger partial charge in [0.1, 0.15) is 5.76 Å². The van der Waals surface area contributed by atoms with Crippen molar-refractivity contribution in [3.63, 3.8) is 0 Å². The minimum absolute atomic E-state index is 0.195. The average molecular weight is 333 g/mol. The van der Waals surface area contributed by atoms with Gasteiger partial charge in [0.15, 0.2) is 5.78 Å². The zero-order valence-electron chi connectivity index (χ0n) is 15.8. The van der Waals surface area contributed by atoms with Crippen LogP contribution in [0.25, 0.3) is 5.57 Å². The summed E-state index contributed by atoms with van der Waals surface area (Å²) in [6, 6.07) is 1.95. The number of hydrogen-bond donors (Lipinski definition) is 0. The Labute approximate surface area is 145 Å². The number of aryl methyl sites for hydroxylation is 1. The number of Topliss-reactive ketones (excluding diaryl/α,β-unsaturated/α-hetero) is 1. The van der Waals surface area contributed by atoms with E-state index >= 15 is 0 Å². The Balaban J connectivity index is 2.73. The number of allylic oxidation sites excluding steroid dienone is 1. The van der Waals surface area contributed by atoms with Crippen LogP contribution in [0.2, 0.25) is 0 Å². The zero-order valence-corrected chi connectivity index (χ0v) is 15.8. The third kappa shape index (κ3) is 5.99. The summed E-state index contributed by atoms with van der Waals surface area (Å²) < 4.78 is 5.60. The van der Waals surface area contributed by atoms with Gasteiger partial charge in [-0.15, -0.1) is 0 Å². The van der Waals surface area contributed by atoms with Gasteiger partial charge in [0.05, 0.1) is 11.8 Å². The van der Waals surface area contributed by atoms with Gasteiger partial charge in [0, 0.05) is 19.7 Å². The summed E-state index contributed by atoms with van der Waals surface area (Å²) >= 11 is 0. The van der Waals surface area contributed by atoms with Gasteiger partial charge in [-0.1, -0.05) is 39.0 Å². The Morgan fingerprint density at radius 1 is 1.04 bits per heavy atom. The highest BCUT2D eigenvalue weighted by molar-refractivity contribution is 6.23. The molecule has 4 heteroatoms. The maximum Gasteiger partial charge on any atom is 0.257 e. The molecule has 0 aliphatic heterocycles. The van der Waals surface area contributed by atoms with E-state index in [4.69, 9.17) is 4.42 Å². The highest BCUT2D eigenvalue weighted by Crippen LogP contribution is 2.23. The third-order valence-electron chi connectivity index (χ3n) is 4.19. The summed E-state index contributed by atoms with van der Waals surface area (Å²) in [6.45, 7) is 5.41. The highest BCUT2D eigenvalue weighted by Gasteiger charge is 2.21. The lowest BCUT2D eigenvalue weighted by molar-refractivity contribution is -0.127. The molecule has 0 spiro atoms. The largest absolute Gasteiger partial charge is 0.464 e. The van der Waals surface area contributed by atoms with Crippen LogP contribution in [0.4, 0.5) is 0 Å².